The number of carboxylic acids is 1. The van der Waals surface area contributed by atoms with Gasteiger partial charge in [-0.1, -0.05) is 38.1 Å². The molecular weight excluding hydrogens is 702 g/mol. The maximum atomic E-state index is 14.3. The summed E-state index contributed by atoms with van der Waals surface area (Å²) in [5.41, 5.74) is 1.23. The zero-order chi connectivity index (χ0) is 34.7. The Morgan fingerprint density at radius 2 is 1.37 bits per heavy atom. The second kappa shape index (κ2) is 17.9. The van der Waals surface area contributed by atoms with Gasteiger partial charge in [-0.05, 0) is 78.4 Å². The van der Waals surface area contributed by atoms with E-state index in [-0.39, 0.29) is 111 Å². The largest absolute Gasteiger partial charge is 1.00 e. The van der Waals surface area contributed by atoms with Gasteiger partial charge in [-0.3, -0.25) is 0 Å². The Morgan fingerprint density at radius 1 is 0.857 bits per heavy atom. The van der Waals surface area contributed by atoms with Gasteiger partial charge in [0.25, 0.3) is 0 Å². The van der Waals surface area contributed by atoms with Crippen LogP contribution in [0.25, 0.3) is 27.1 Å². The number of aliphatic hydroxyl groups is 2. The maximum absolute atomic E-state index is 14.3. The fourth-order valence-electron chi connectivity index (χ4n) is 5.34. The number of halogens is 2. The first-order valence-electron chi connectivity index (χ1n) is 14.4. The molecule has 4 N–H and O–H groups in total. The van der Waals surface area contributed by atoms with Crippen molar-refractivity contribution in [2.75, 3.05) is 0 Å². The number of sulfonamides is 2. The number of rotatable bonds is 14. The molecule has 4 aromatic rings. The first kappa shape index (κ1) is 43.0. The van der Waals surface area contributed by atoms with E-state index in [9.17, 15) is 45.7 Å². The minimum Gasteiger partial charge on any atom is -0.573 e. The number of aliphatic carboxylic acids is 1. The summed E-state index contributed by atoms with van der Waals surface area (Å²) >= 11 is 0. The summed E-state index contributed by atoms with van der Waals surface area (Å²) in [5.74, 6) is -3.13. The van der Waals surface area contributed by atoms with Crippen LogP contribution in [-0.4, -0.2) is 49.8 Å². The predicted molar refractivity (Wildman–Crippen MR) is 168 cm³/mol. The molecule has 0 aliphatic rings. The Kier molecular flexibility index (Phi) is 15.7. The molecular formula is C32H33F2N3Na2O8S2. The van der Waals surface area contributed by atoms with E-state index < -0.39 is 62.2 Å². The molecule has 0 unspecified atom stereocenters. The number of hydrogen-bond donors (Lipinski definition) is 3. The number of nitrogens with zero attached hydrogens (tertiary/aromatic N) is 2. The number of aromatic nitrogens is 1. The Bertz CT molecular complexity index is 1960. The quantitative estimate of drug-likeness (QED) is 0.123. The molecule has 0 saturated carbocycles. The fraction of sp³-hybridized carbons (Fsp3) is 0.281. The van der Waals surface area contributed by atoms with Crippen LogP contribution in [0, 0.1) is 11.6 Å². The Hall–Kier alpha value is -2.15. The smallest absolute Gasteiger partial charge is 0.573 e. The Labute approximate surface area is 328 Å². The first-order valence-corrected chi connectivity index (χ1v) is 17.4. The average Bonchev–Trinajstić information content (AvgIpc) is 3.32. The van der Waals surface area contributed by atoms with Crippen LogP contribution in [-0.2, 0) is 31.4 Å². The third kappa shape index (κ3) is 10.9. The summed E-state index contributed by atoms with van der Waals surface area (Å²) in [6.07, 6.45) is -3.62. The van der Waals surface area contributed by atoms with E-state index in [4.69, 9.17) is 5.14 Å². The standard InChI is InChI=1S/C32H34F2N3O8S2.2Na/c1-19(2)30-32(47(44,45)36-24-11-13-27(14-12-24)46(35,42)43)29(20-3-7-22(33)8-4-20)31(21-5-9-23(34)10-6-21)37(30)16-15-25(38)17-26(39)18-28(40)41;;/h3-14,19,25-26,38-39H,15-18H2,1-2H3,(H,40,41)(H2,35,42,43);;/q-1;2*+1/p-1/t25-,26-;;/m1../s1. The molecule has 4 rings (SSSR count). The molecule has 0 aliphatic carbocycles. The van der Waals surface area contributed by atoms with E-state index in [0.717, 1.165) is 24.3 Å². The normalized spacial score (nSPS) is 12.9. The van der Waals surface area contributed by atoms with Crippen LogP contribution in [0.5, 0.6) is 0 Å². The summed E-state index contributed by atoms with van der Waals surface area (Å²) in [6.45, 7) is 3.43. The van der Waals surface area contributed by atoms with Gasteiger partial charge in [0, 0.05) is 30.2 Å². The fourth-order valence-corrected chi connectivity index (χ4v) is 7.43. The molecule has 2 atom stereocenters. The Balaban J connectivity index is 0.00000417. The molecule has 0 amide bonds. The molecule has 1 aromatic heterocycles. The van der Waals surface area contributed by atoms with E-state index in [0.29, 0.717) is 11.3 Å². The van der Waals surface area contributed by atoms with Gasteiger partial charge < -0.3 is 29.4 Å². The van der Waals surface area contributed by atoms with Gasteiger partial charge in [-0.2, -0.15) is 0 Å². The predicted octanol–water partition coefficient (Wildman–Crippen LogP) is -2.08. The zero-order valence-electron chi connectivity index (χ0n) is 27.4. The number of primary sulfonamides is 1. The van der Waals surface area contributed by atoms with Gasteiger partial charge in [-0.25, -0.2) is 30.8 Å². The number of nitrogens with two attached hydrogens (primary N) is 1. The van der Waals surface area contributed by atoms with Crippen molar-refractivity contribution in [3.8, 4) is 22.4 Å². The SMILES string of the molecule is CC(C)c1c(S(=O)(=O)[N-]c2ccc(S(N)(=O)=O)cc2)c(-c2ccc(F)cc2)c(-c2ccc(F)cc2)n1CC[C@@H](O)C[C@@H](O)CC(=O)[O-].[Na+].[Na+]. The second-order valence-corrected chi connectivity index (χ2v) is 14.4. The van der Waals surface area contributed by atoms with Crippen LogP contribution in [0.1, 0.15) is 44.7 Å². The van der Waals surface area contributed by atoms with Crippen molar-refractivity contribution in [1.82, 2.24) is 4.57 Å². The van der Waals surface area contributed by atoms with Crippen LogP contribution >= 0.6 is 0 Å². The average molecular weight is 736 g/mol. The van der Waals surface area contributed by atoms with Gasteiger partial charge >= 0.3 is 59.1 Å². The summed E-state index contributed by atoms with van der Waals surface area (Å²) in [6, 6.07) is 14.9. The molecule has 11 nitrogen and oxygen atoms in total. The van der Waals surface area contributed by atoms with Crippen molar-refractivity contribution in [2.24, 2.45) is 5.14 Å². The van der Waals surface area contributed by atoms with Crippen molar-refractivity contribution in [3.05, 3.63) is 94.8 Å². The molecule has 0 spiro atoms. The monoisotopic (exact) mass is 735 g/mol. The minimum absolute atomic E-state index is 0. The van der Waals surface area contributed by atoms with Gasteiger partial charge in [0.05, 0.1) is 27.7 Å². The van der Waals surface area contributed by atoms with Crippen LogP contribution in [0.2, 0.25) is 0 Å². The molecule has 252 valence electrons. The minimum atomic E-state index is -4.63. The van der Waals surface area contributed by atoms with Crippen molar-refractivity contribution < 1.29 is 105 Å². The molecule has 0 aliphatic heterocycles. The van der Waals surface area contributed by atoms with E-state index >= 15 is 0 Å². The summed E-state index contributed by atoms with van der Waals surface area (Å²) in [7, 11) is -8.70. The molecule has 17 heteroatoms. The summed E-state index contributed by atoms with van der Waals surface area (Å²) in [5, 5.41) is 36.8. The van der Waals surface area contributed by atoms with E-state index in [1.807, 2.05) is 0 Å². The van der Waals surface area contributed by atoms with Crippen LogP contribution in [0.3, 0.4) is 0 Å². The number of carbonyl (C=O) groups excluding carboxylic acids is 1. The van der Waals surface area contributed by atoms with Crippen molar-refractivity contribution in [1.29, 1.82) is 0 Å². The van der Waals surface area contributed by atoms with E-state index in [1.54, 1.807) is 18.4 Å². The molecule has 0 fully saturated rings. The van der Waals surface area contributed by atoms with Crippen molar-refractivity contribution in [2.45, 2.75) is 67.6 Å². The third-order valence-electron chi connectivity index (χ3n) is 7.34. The van der Waals surface area contributed by atoms with Gasteiger partial charge in [0.1, 0.15) is 21.7 Å². The number of carboxylic acid groups (broad SMARTS) is 1. The van der Waals surface area contributed by atoms with Gasteiger partial charge in [-0.15, -0.1) is 5.69 Å². The Morgan fingerprint density at radius 3 is 1.84 bits per heavy atom. The van der Waals surface area contributed by atoms with Crippen LogP contribution < -0.4 is 69.4 Å². The number of hydrogen-bond acceptors (Lipinski definition) is 8. The molecule has 1 heterocycles. The number of benzene rings is 3. The molecule has 0 radical (unpaired) electrons. The first-order chi connectivity index (χ1) is 22.0. The topological polar surface area (TPSA) is 194 Å². The second-order valence-electron chi connectivity index (χ2n) is 11.3. The van der Waals surface area contributed by atoms with Crippen LogP contribution in [0.15, 0.2) is 82.6 Å². The van der Waals surface area contributed by atoms with Crippen LogP contribution in [0.4, 0.5) is 14.5 Å². The van der Waals surface area contributed by atoms with E-state index in [2.05, 4.69) is 4.72 Å². The molecule has 0 bridgehead atoms. The number of carbonyl (C=O) groups is 1. The van der Waals surface area contributed by atoms with Gasteiger partial charge in [0.2, 0.25) is 10.0 Å². The molecule has 49 heavy (non-hydrogen) atoms. The molecule has 0 saturated heterocycles. The third-order valence-corrected chi connectivity index (χ3v) is 9.65. The molecule has 3 aromatic carbocycles. The van der Waals surface area contributed by atoms with Gasteiger partial charge in [0.15, 0.2) is 0 Å². The number of aliphatic hydroxyl groups excluding tert-OH is 2. The van der Waals surface area contributed by atoms with Crippen molar-refractivity contribution >= 4 is 31.7 Å². The maximum Gasteiger partial charge on any atom is 1.00 e. The van der Waals surface area contributed by atoms with E-state index in [1.165, 1.54) is 48.5 Å². The summed E-state index contributed by atoms with van der Waals surface area (Å²) < 4.78 is 85.9. The summed E-state index contributed by atoms with van der Waals surface area (Å²) in [4.78, 5) is 10.4. The zero-order valence-corrected chi connectivity index (χ0v) is 33.0. The van der Waals surface area contributed by atoms with Crippen molar-refractivity contribution in [3.63, 3.8) is 0 Å².